The Kier molecular flexibility index (Phi) is 5.25. The number of aromatic hydroxyl groups is 1. The van der Waals surface area contributed by atoms with Crippen molar-refractivity contribution in [2.24, 2.45) is 0 Å². The Hall–Kier alpha value is -1.26. The van der Waals surface area contributed by atoms with Crippen LogP contribution in [0.1, 0.15) is 19.4 Å². The van der Waals surface area contributed by atoms with Gasteiger partial charge in [-0.25, -0.2) is 0 Å². The maximum Gasteiger partial charge on any atom is 0.322 e. The molecule has 1 rings (SSSR count). The van der Waals surface area contributed by atoms with Crippen molar-refractivity contribution < 1.29 is 14.6 Å². The molecule has 1 aromatic rings. The Morgan fingerprint density at radius 3 is 2.94 bits per heavy atom. The number of esters is 1. The highest BCUT2D eigenvalue weighted by Gasteiger charge is 2.13. The molecule has 0 heterocycles. The summed E-state index contributed by atoms with van der Waals surface area (Å²) >= 11 is 5.81. The second-order valence-corrected chi connectivity index (χ2v) is 4.06. The molecule has 5 heteroatoms. The molecule has 1 unspecified atom stereocenters. The SMILES string of the molecule is CCOC(=O)C(C)NCc1cc(Cl)ccc1O. The third-order valence-corrected chi connectivity index (χ3v) is 2.52. The van der Waals surface area contributed by atoms with Crippen molar-refractivity contribution in [1.29, 1.82) is 0 Å². The molecule has 0 aliphatic rings. The lowest BCUT2D eigenvalue weighted by Crippen LogP contribution is -2.34. The summed E-state index contributed by atoms with van der Waals surface area (Å²) in [5, 5.41) is 13.1. The van der Waals surface area contributed by atoms with Crippen molar-refractivity contribution in [3.63, 3.8) is 0 Å². The number of phenols is 1. The lowest BCUT2D eigenvalue weighted by atomic mass is 10.2. The maximum absolute atomic E-state index is 11.3. The van der Waals surface area contributed by atoms with Crippen LogP contribution in [0.15, 0.2) is 18.2 Å². The first-order chi connectivity index (χ1) is 8.04. The summed E-state index contributed by atoms with van der Waals surface area (Å²) in [6, 6.07) is 4.36. The zero-order valence-corrected chi connectivity index (χ0v) is 10.6. The summed E-state index contributed by atoms with van der Waals surface area (Å²) < 4.78 is 4.86. The van der Waals surface area contributed by atoms with Gasteiger partial charge in [-0.15, -0.1) is 0 Å². The van der Waals surface area contributed by atoms with E-state index in [2.05, 4.69) is 5.32 Å². The first-order valence-electron chi connectivity index (χ1n) is 5.42. The largest absolute Gasteiger partial charge is 0.508 e. The molecule has 0 fully saturated rings. The van der Waals surface area contributed by atoms with Crippen LogP contribution in [0.5, 0.6) is 5.75 Å². The zero-order valence-electron chi connectivity index (χ0n) is 9.87. The second-order valence-electron chi connectivity index (χ2n) is 3.63. The normalized spacial score (nSPS) is 12.2. The van der Waals surface area contributed by atoms with Crippen LogP contribution in [0, 0.1) is 0 Å². The molecule has 94 valence electrons. The number of phenolic OH excluding ortho intramolecular Hbond substituents is 1. The van der Waals surface area contributed by atoms with E-state index in [4.69, 9.17) is 16.3 Å². The highest BCUT2D eigenvalue weighted by atomic mass is 35.5. The summed E-state index contributed by atoms with van der Waals surface area (Å²) in [7, 11) is 0. The van der Waals surface area contributed by atoms with Crippen LogP contribution in [-0.4, -0.2) is 23.7 Å². The van der Waals surface area contributed by atoms with Gasteiger partial charge in [-0.2, -0.15) is 0 Å². The fourth-order valence-electron chi connectivity index (χ4n) is 1.31. The fraction of sp³-hybridized carbons (Fsp3) is 0.417. The number of carbonyl (C=O) groups is 1. The molecule has 0 aliphatic carbocycles. The van der Waals surface area contributed by atoms with E-state index in [1.807, 2.05) is 0 Å². The minimum absolute atomic E-state index is 0.151. The van der Waals surface area contributed by atoms with E-state index in [0.717, 1.165) is 0 Å². The lowest BCUT2D eigenvalue weighted by Gasteiger charge is -2.13. The average Bonchev–Trinajstić information content (AvgIpc) is 2.30. The van der Waals surface area contributed by atoms with E-state index in [1.165, 1.54) is 6.07 Å². The number of hydrogen-bond donors (Lipinski definition) is 2. The molecule has 0 amide bonds. The lowest BCUT2D eigenvalue weighted by molar-refractivity contribution is -0.145. The molecule has 1 atom stereocenters. The zero-order chi connectivity index (χ0) is 12.8. The molecule has 1 aromatic carbocycles. The maximum atomic E-state index is 11.3. The van der Waals surface area contributed by atoms with E-state index in [0.29, 0.717) is 23.7 Å². The smallest absolute Gasteiger partial charge is 0.322 e. The number of halogens is 1. The first kappa shape index (κ1) is 13.8. The van der Waals surface area contributed by atoms with Gasteiger partial charge in [0.2, 0.25) is 0 Å². The van der Waals surface area contributed by atoms with E-state index >= 15 is 0 Å². The van der Waals surface area contributed by atoms with Gasteiger partial charge in [0.25, 0.3) is 0 Å². The van der Waals surface area contributed by atoms with Gasteiger partial charge in [0.15, 0.2) is 0 Å². The van der Waals surface area contributed by atoms with Gasteiger partial charge in [0.1, 0.15) is 11.8 Å². The van der Waals surface area contributed by atoms with Crippen LogP contribution in [0.25, 0.3) is 0 Å². The number of hydrogen-bond acceptors (Lipinski definition) is 4. The van der Waals surface area contributed by atoms with Gasteiger partial charge in [0, 0.05) is 17.1 Å². The monoisotopic (exact) mass is 257 g/mol. The number of rotatable bonds is 5. The van der Waals surface area contributed by atoms with Crippen LogP contribution < -0.4 is 5.32 Å². The highest BCUT2D eigenvalue weighted by molar-refractivity contribution is 6.30. The number of carbonyl (C=O) groups excluding carboxylic acids is 1. The van der Waals surface area contributed by atoms with Gasteiger partial charge < -0.3 is 15.2 Å². The second kappa shape index (κ2) is 6.47. The minimum atomic E-state index is -0.423. The third kappa shape index (κ3) is 4.24. The number of benzene rings is 1. The molecule has 0 aromatic heterocycles. The Morgan fingerprint density at radius 1 is 1.59 bits per heavy atom. The molecule has 17 heavy (non-hydrogen) atoms. The Labute approximate surface area is 106 Å². The van der Waals surface area contributed by atoms with Crippen LogP contribution >= 0.6 is 11.6 Å². The molecule has 0 spiro atoms. The Bertz CT molecular complexity index is 395. The summed E-state index contributed by atoms with van der Waals surface area (Å²) in [6.07, 6.45) is 0. The molecular formula is C12H16ClNO3. The van der Waals surface area contributed by atoms with E-state index in [-0.39, 0.29) is 11.7 Å². The third-order valence-electron chi connectivity index (χ3n) is 2.28. The molecule has 0 bridgehead atoms. The number of nitrogens with one attached hydrogen (secondary N) is 1. The van der Waals surface area contributed by atoms with Gasteiger partial charge in [-0.05, 0) is 32.0 Å². The molecule has 0 aliphatic heterocycles. The van der Waals surface area contributed by atoms with Gasteiger partial charge in [-0.1, -0.05) is 11.6 Å². The average molecular weight is 258 g/mol. The molecule has 2 N–H and O–H groups in total. The minimum Gasteiger partial charge on any atom is -0.508 e. The quantitative estimate of drug-likeness (QED) is 0.793. The van der Waals surface area contributed by atoms with Crippen LogP contribution in [0.4, 0.5) is 0 Å². The van der Waals surface area contributed by atoms with Crippen molar-refractivity contribution in [1.82, 2.24) is 5.32 Å². The van der Waals surface area contributed by atoms with Crippen LogP contribution in [0.3, 0.4) is 0 Å². The van der Waals surface area contributed by atoms with Crippen LogP contribution in [-0.2, 0) is 16.1 Å². The Balaban J connectivity index is 2.55. The Morgan fingerprint density at radius 2 is 2.29 bits per heavy atom. The van der Waals surface area contributed by atoms with Gasteiger partial charge in [0.05, 0.1) is 6.61 Å². The standard InChI is InChI=1S/C12H16ClNO3/c1-3-17-12(16)8(2)14-7-9-6-10(13)4-5-11(9)15/h4-6,8,14-15H,3,7H2,1-2H3. The predicted molar refractivity (Wildman–Crippen MR) is 66.1 cm³/mol. The van der Waals surface area contributed by atoms with Crippen molar-refractivity contribution >= 4 is 17.6 Å². The molecule has 0 radical (unpaired) electrons. The van der Waals surface area contributed by atoms with Crippen molar-refractivity contribution in [3.05, 3.63) is 28.8 Å². The van der Waals surface area contributed by atoms with E-state index in [9.17, 15) is 9.90 Å². The van der Waals surface area contributed by atoms with Crippen molar-refractivity contribution in [3.8, 4) is 5.75 Å². The van der Waals surface area contributed by atoms with Crippen molar-refractivity contribution in [2.45, 2.75) is 26.4 Å². The van der Waals surface area contributed by atoms with Gasteiger partial charge >= 0.3 is 5.97 Å². The summed E-state index contributed by atoms with van der Waals surface area (Å²) in [4.78, 5) is 11.3. The fourth-order valence-corrected chi connectivity index (χ4v) is 1.50. The summed E-state index contributed by atoms with van der Waals surface area (Å²) in [5.74, 6) is -0.160. The molecule has 4 nitrogen and oxygen atoms in total. The van der Waals surface area contributed by atoms with Gasteiger partial charge in [-0.3, -0.25) is 4.79 Å². The van der Waals surface area contributed by atoms with E-state index in [1.54, 1.807) is 26.0 Å². The highest BCUT2D eigenvalue weighted by Crippen LogP contribution is 2.21. The summed E-state index contributed by atoms with van der Waals surface area (Å²) in [5.41, 5.74) is 0.647. The molecular weight excluding hydrogens is 242 g/mol. The molecule has 0 saturated heterocycles. The van der Waals surface area contributed by atoms with Crippen LogP contribution in [0.2, 0.25) is 5.02 Å². The first-order valence-corrected chi connectivity index (χ1v) is 5.79. The predicted octanol–water partition coefficient (Wildman–Crippen LogP) is 2.09. The topological polar surface area (TPSA) is 58.6 Å². The van der Waals surface area contributed by atoms with Crippen molar-refractivity contribution in [2.75, 3.05) is 6.61 Å². The number of ether oxygens (including phenoxy) is 1. The summed E-state index contributed by atoms with van der Waals surface area (Å²) in [6.45, 7) is 4.17. The van der Waals surface area contributed by atoms with E-state index < -0.39 is 6.04 Å². The molecule has 0 saturated carbocycles.